The SMILES string of the molecule is C=C[C@H](N)c1cccc([N+](=O)[O-])c1.Cl. The zero-order chi connectivity index (χ0) is 9.84. The van der Waals surface area contributed by atoms with Gasteiger partial charge in [-0.1, -0.05) is 18.2 Å². The van der Waals surface area contributed by atoms with Gasteiger partial charge in [0, 0.05) is 18.2 Å². The third kappa shape index (κ3) is 2.83. The van der Waals surface area contributed by atoms with Crippen molar-refractivity contribution >= 4 is 18.1 Å². The maximum absolute atomic E-state index is 10.4. The molecule has 0 amide bonds. The first-order chi connectivity index (χ1) is 6.15. The van der Waals surface area contributed by atoms with E-state index >= 15 is 0 Å². The zero-order valence-electron chi connectivity index (χ0n) is 7.42. The van der Waals surface area contributed by atoms with Crippen LogP contribution in [0.2, 0.25) is 0 Å². The normalized spacial score (nSPS) is 11.2. The fourth-order valence-corrected chi connectivity index (χ4v) is 0.982. The summed E-state index contributed by atoms with van der Waals surface area (Å²) in [6.07, 6.45) is 1.54. The van der Waals surface area contributed by atoms with Gasteiger partial charge in [0.1, 0.15) is 0 Å². The van der Waals surface area contributed by atoms with Crippen LogP contribution in [0, 0.1) is 10.1 Å². The van der Waals surface area contributed by atoms with Crippen molar-refractivity contribution in [1.82, 2.24) is 0 Å². The predicted molar refractivity (Wildman–Crippen MR) is 57.5 cm³/mol. The number of nitro benzene ring substituents is 1. The summed E-state index contributed by atoms with van der Waals surface area (Å²) in [5.74, 6) is 0. The van der Waals surface area contributed by atoms with E-state index in [9.17, 15) is 10.1 Å². The quantitative estimate of drug-likeness (QED) is 0.477. The van der Waals surface area contributed by atoms with Crippen molar-refractivity contribution in [3.05, 3.63) is 52.6 Å². The predicted octanol–water partition coefficient (Wildman–Crippen LogP) is 2.20. The van der Waals surface area contributed by atoms with Gasteiger partial charge in [-0.2, -0.15) is 0 Å². The van der Waals surface area contributed by atoms with Gasteiger partial charge in [0.05, 0.1) is 4.92 Å². The Morgan fingerprint density at radius 3 is 2.71 bits per heavy atom. The smallest absolute Gasteiger partial charge is 0.269 e. The summed E-state index contributed by atoms with van der Waals surface area (Å²) in [5, 5.41) is 10.4. The molecule has 0 heterocycles. The van der Waals surface area contributed by atoms with E-state index in [-0.39, 0.29) is 24.1 Å². The number of nitrogens with zero attached hydrogens (tertiary/aromatic N) is 1. The van der Waals surface area contributed by atoms with E-state index in [0.29, 0.717) is 5.56 Å². The minimum absolute atomic E-state index is 0. The molecule has 1 atom stereocenters. The van der Waals surface area contributed by atoms with Crippen LogP contribution in [0.3, 0.4) is 0 Å². The van der Waals surface area contributed by atoms with Crippen LogP contribution in [-0.2, 0) is 0 Å². The minimum Gasteiger partial charge on any atom is -0.321 e. The molecule has 1 aromatic rings. The van der Waals surface area contributed by atoms with Crippen LogP contribution in [-0.4, -0.2) is 4.92 Å². The molecule has 0 aliphatic carbocycles. The fourth-order valence-electron chi connectivity index (χ4n) is 0.982. The fraction of sp³-hybridized carbons (Fsp3) is 0.111. The van der Waals surface area contributed by atoms with Crippen LogP contribution in [0.4, 0.5) is 5.69 Å². The molecule has 14 heavy (non-hydrogen) atoms. The van der Waals surface area contributed by atoms with Crippen molar-refractivity contribution in [3.8, 4) is 0 Å². The third-order valence-corrected chi connectivity index (χ3v) is 1.72. The zero-order valence-corrected chi connectivity index (χ0v) is 8.24. The van der Waals surface area contributed by atoms with Gasteiger partial charge in [-0.3, -0.25) is 10.1 Å². The molecule has 0 saturated heterocycles. The molecule has 0 bridgehead atoms. The molecule has 0 radical (unpaired) electrons. The van der Waals surface area contributed by atoms with E-state index in [1.54, 1.807) is 18.2 Å². The van der Waals surface area contributed by atoms with Gasteiger partial charge in [-0.15, -0.1) is 19.0 Å². The van der Waals surface area contributed by atoms with Crippen LogP contribution >= 0.6 is 12.4 Å². The Labute approximate surface area is 88.0 Å². The molecule has 0 aromatic heterocycles. The summed E-state index contributed by atoms with van der Waals surface area (Å²) in [5.41, 5.74) is 6.37. The van der Waals surface area contributed by atoms with Crippen molar-refractivity contribution in [2.45, 2.75) is 6.04 Å². The van der Waals surface area contributed by atoms with Gasteiger partial charge in [0.2, 0.25) is 0 Å². The number of nitrogens with two attached hydrogens (primary N) is 1. The van der Waals surface area contributed by atoms with E-state index in [1.165, 1.54) is 12.1 Å². The number of hydrogen-bond acceptors (Lipinski definition) is 3. The molecule has 0 unspecified atom stereocenters. The lowest BCUT2D eigenvalue weighted by molar-refractivity contribution is -0.384. The summed E-state index contributed by atoms with van der Waals surface area (Å²) < 4.78 is 0. The second-order valence-corrected chi connectivity index (χ2v) is 2.61. The van der Waals surface area contributed by atoms with Gasteiger partial charge in [-0.05, 0) is 5.56 Å². The first kappa shape index (κ1) is 12.6. The lowest BCUT2D eigenvalue weighted by Gasteiger charge is -2.04. The van der Waals surface area contributed by atoms with Gasteiger partial charge >= 0.3 is 0 Å². The summed E-state index contributed by atoms with van der Waals surface area (Å²) in [4.78, 5) is 9.96. The molecular weight excluding hydrogens is 204 g/mol. The monoisotopic (exact) mass is 214 g/mol. The van der Waals surface area contributed by atoms with Crippen LogP contribution in [0.15, 0.2) is 36.9 Å². The van der Waals surface area contributed by atoms with Crippen molar-refractivity contribution in [2.24, 2.45) is 5.73 Å². The van der Waals surface area contributed by atoms with Gasteiger partial charge in [0.25, 0.3) is 5.69 Å². The molecule has 0 spiro atoms. The van der Waals surface area contributed by atoms with Crippen molar-refractivity contribution < 1.29 is 4.92 Å². The lowest BCUT2D eigenvalue weighted by atomic mass is 10.1. The molecule has 1 aromatic carbocycles. The van der Waals surface area contributed by atoms with E-state index < -0.39 is 4.92 Å². The molecule has 0 aliphatic rings. The lowest BCUT2D eigenvalue weighted by Crippen LogP contribution is -2.06. The molecule has 2 N–H and O–H groups in total. The van der Waals surface area contributed by atoms with Crippen LogP contribution in [0.25, 0.3) is 0 Å². The molecule has 1 rings (SSSR count). The van der Waals surface area contributed by atoms with Crippen molar-refractivity contribution in [3.63, 3.8) is 0 Å². The Morgan fingerprint density at radius 2 is 2.21 bits per heavy atom. The van der Waals surface area contributed by atoms with Crippen LogP contribution in [0.1, 0.15) is 11.6 Å². The van der Waals surface area contributed by atoms with Gasteiger partial charge in [0.15, 0.2) is 0 Å². The van der Waals surface area contributed by atoms with Crippen LogP contribution in [0.5, 0.6) is 0 Å². The Hall–Kier alpha value is -1.39. The molecule has 0 fully saturated rings. The second kappa shape index (κ2) is 5.36. The summed E-state index contributed by atoms with van der Waals surface area (Å²) >= 11 is 0. The number of benzene rings is 1. The minimum atomic E-state index is -0.445. The highest BCUT2D eigenvalue weighted by atomic mass is 35.5. The van der Waals surface area contributed by atoms with E-state index in [1.807, 2.05) is 0 Å². The average Bonchev–Trinajstić information content (AvgIpc) is 2.17. The molecule has 0 saturated carbocycles. The number of rotatable bonds is 3. The molecular formula is C9H11ClN2O2. The summed E-state index contributed by atoms with van der Waals surface area (Å²) in [7, 11) is 0. The maximum Gasteiger partial charge on any atom is 0.269 e. The summed E-state index contributed by atoms with van der Waals surface area (Å²) in [6, 6.07) is 5.88. The molecule has 5 heteroatoms. The molecule has 4 nitrogen and oxygen atoms in total. The van der Waals surface area contributed by atoms with Crippen LogP contribution < -0.4 is 5.73 Å². The van der Waals surface area contributed by atoms with Gasteiger partial charge in [-0.25, -0.2) is 0 Å². The Kier molecular flexibility index (Phi) is 4.83. The molecule has 76 valence electrons. The molecule has 0 aliphatic heterocycles. The number of halogens is 1. The van der Waals surface area contributed by atoms with E-state index in [0.717, 1.165) is 0 Å². The number of nitro groups is 1. The van der Waals surface area contributed by atoms with Crippen molar-refractivity contribution in [1.29, 1.82) is 0 Å². The standard InChI is InChI=1S/C9H10N2O2.ClH/c1-2-9(10)7-4-3-5-8(6-7)11(12)13;/h2-6,9H,1,10H2;1H/t9-;/m0./s1. The highest BCUT2D eigenvalue weighted by Crippen LogP contribution is 2.17. The van der Waals surface area contributed by atoms with E-state index in [2.05, 4.69) is 6.58 Å². The first-order valence-electron chi connectivity index (χ1n) is 3.77. The van der Waals surface area contributed by atoms with Crippen molar-refractivity contribution in [2.75, 3.05) is 0 Å². The van der Waals surface area contributed by atoms with E-state index in [4.69, 9.17) is 5.73 Å². The highest BCUT2D eigenvalue weighted by molar-refractivity contribution is 5.85. The number of hydrogen-bond donors (Lipinski definition) is 1. The highest BCUT2D eigenvalue weighted by Gasteiger charge is 2.08. The Balaban J connectivity index is 0.00000169. The second-order valence-electron chi connectivity index (χ2n) is 2.61. The third-order valence-electron chi connectivity index (χ3n) is 1.72. The maximum atomic E-state index is 10.4. The summed E-state index contributed by atoms with van der Waals surface area (Å²) in [6.45, 7) is 3.52. The topological polar surface area (TPSA) is 69.2 Å². The Bertz CT molecular complexity index is 341. The largest absolute Gasteiger partial charge is 0.321 e. The Morgan fingerprint density at radius 1 is 1.57 bits per heavy atom. The number of non-ortho nitro benzene ring substituents is 1. The van der Waals surface area contributed by atoms with Gasteiger partial charge < -0.3 is 5.73 Å². The average molecular weight is 215 g/mol. The first-order valence-corrected chi connectivity index (χ1v) is 3.77.